The van der Waals surface area contributed by atoms with Crippen molar-refractivity contribution < 1.29 is 9.21 Å². The molecule has 1 amide bonds. The van der Waals surface area contributed by atoms with Crippen LogP contribution in [-0.4, -0.2) is 40.5 Å². The van der Waals surface area contributed by atoms with E-state index in [0.29, 0.717) is 17.0 Å². The molecule has 29 heavy (non-hydrogen) atoms. The van der Waals surface area contributed by atoms with Gasteiger partial charge < -0.3 is 14.6 Å². The minimum atomic E-state index is -0.439. The number of fused-ring (bicyclic) bond motifs is 1. The van der Waals surface area contributed by atoms with Crippen LogP contribution in [0.4, 0.5) is 5.69 Å². The summed E-state index contributed by atoms with van der Waals surface area (Å²) in [5.41, 5.74) is 1.14. The molecule has 1 N–H and O–H groups in total. The number of nitriles is 1. The Morgan fingerprint density at radius 3 is 2.62 bits per heavy atom. The molecule has 8 nitrogen and oxygen atoms in total. The van der Waals surface area contributed by atoms with Gasteiger partial charge in [-0.15, -0.1) is 0 Å². The van der Waals surface area contributed by atoms with Gasteiger partial charge in [0.05, 0.1) is 17.2 Å². The summed E-state index contributed by atoms with van der Waals surface area (Å²) in [5.74, 6) is -0.0946. The third kappa shape index (κ3) is 3.52. The molecular weight excluding hydrogens is 370 g/mol. The highest BCUT2D eigenvalue weighted by atomic mass is 16.3. The van der Waals surface area contributed by atoms with Gasteiger partial charge >= 0.3 is 0 Å². The number of piperidine rings is 1. The van der Waals surface area contributed by atoms with Gasteiger partial charge in [-0.1, -0.05) is 0 Å². The molecule has 0 saturated carbocycles. The first kappa shape index (κ1) is 18.9. The number of anilines is 1. The topological polar surface area (TPSA) is 104 Å². The van der Waals surface area contributed by atoms with Crippen molar-refractivity contribution in [1.82, 2.24) is 14.5 Å². The van der Waals surface area contributed by atoms with Gasteiger partial charge in [0.2, 0.25) is 5.71 Å². The van der Waals surface area contributed by atoms with Gasteiger partial charge in [0.1, 0.15) is 17.5 Å². The van der Waals surface area contributed by atoms with Crippen LogP contribution in [0.5, 0.6) is 0 Å². The highest BCUT2D eigenvalue weighted by molar-refractivity contribution is 6.12. The predicted molar refractivity (Wildman–Crippen MR) is 108 cm³/mol. The molecule has 0 unspecified atom stereocenters. The van der Waals surface area contributed by atoms with E-state index in [1.807, 2.05) is 6.07 Å². The van der Waals surface area contributed by atoms with E-state index in [2.05, 4.69) is 22.2 Å². The van der Waals surface area contributed by atoms with E-state index in [1.165, 1.54) is 6.33 Å². The minimum Gasteiger partial charge on any atom is -0.442 e. The van der Waals surface area contributed by atoms with Crippen LogP contribution in [0.25, 0.3) is 11.1 Å². The number of likely N-dealkylation sites (tertiary alicyclic amines) is 1. The number of aromatic nitrogens is 2. The molecule has 0 bridgehead atoms. The largest absolute Gasteiger partial charge is 0.442 e. The number of hydrogen-bond acceptors (Lipinski definition) is 6. The van der Waals surface area contributed by atoms with Crippen LogP contribution in [0.3, 0.4) is 0 Å². The molecule has 3 heterocycles. The smallest absolute Gasteiger partial charge is 0.265 e. The van der Waals surface area contributed by atoms with E-state index < -0.39 is 5.91 Å². The number of nitrogens with zero attached hydrogens (tertiary/aromatic N) is 4. The molecule has 4 rings (SSSR count). The lowest BCUT2D eigenvalue weighted by Gasteiger charge is -2.29. The summed E-state index contributed by atoms with van der Waals surface area (Å²) < 4.78 is 7.23. The monoisotopic (exact) mass is 391 g/mol. The minimum absolute atomic E-state index is 0.0558. The van der Waals surface area contributed by atoms with Crippen LogP contribution in [0.15, 0.2) is 39.8 Å². The molecule has 0 radical (unpaired) electrons. The van der Waals surface area contributed by atoms with E-state index >= 15 is 0 Å². The quantitative estimate of drug-likeness (QED) is 0.736. The number of carbonyl (C=O) groups excluding carboxylic acids is 1. The molecule has 8 heteroatoms. The fourth-order valence-corrected chi connectivity index (χ4v) is 3.74. The normalized spacial score (nSPS) is 15.3. The maximum atomic E-state index is 13.2. The zero-order valence-electron chi connectivity index (χ0n) is 16.3. The third-order valence-corrected chi connectivity index (χ3v) is 5.39. The zero-order chi connectivity index (χ0) is 20.5. The Kier molecular flexibility index (Phi) is 4.91. The van der Waals surface area contributed by atoms with E-state index in [1.54, 1.807) is 35.8 Å². The summed E-state index contributed by atoms with van der Waals surface area (Å²) in [5, 5.41) is 11.9. The van der Waals surface area contributed by atoms with E-state index in [0.717, 1.165) is 25.9 Å². The fourth-order valence-electron chi connectivity index (χ4n) is 3.74. The Labute approximate surface area is 167 Å². The number of hydrogen-bond donors (Lipinski definition) is 1. The van der Waals surface area contributed by atoms with E-state index in [-0.39, 0.29) is 28.3 Å². The number of rotatable bonds is 3. The lowest BCUT2D eigenvalue weighted by atomic mass is 10.1. The van der Waals surface area contributed by atoms with Crippen molar-refractivity contribution in [2.75, 3.05) is 25.5 Å². The van der Waals surface area contributed by atoms with Crippen molar-refractivity contribution >= 4 is 22.7 Å². The predicted octanol–water partition coefficient (Wildman–Crippen LogP) is 2.69. The number of amides is 1. The number of carbonyl (C=O) groups is 1. The standard InChI is InChI=1S/C21H21N5O3/c1-13-17(19(27)24-15-5-3-14(11-22)4-6-15)18-20(29-13)23-12-26(21(18)28)16-7-9-25(2)10-8-16/h3-6,12,16H,7-10H2,1-2H3,(H,24,27). The Balaban J connectivity index is 1.71. The van der Waals surface area contributed by atoms with Gasteiger partial charge in [-0.2, -0.15) is 5.26 Å². The summed E-state index contributed by atoms with van der Waals surface area (Å²) in [6.45, 7) is 3.46. The Morgan fingerprint density at radius 2 is 1.97 bits per heavy atom. The summed E-state index contributed by atoms with van der Waals surface area (Å²) >= 11 is 0. The van der Waals surface area contributed by atoms with Crippen molar-refractivity contribution in [1.29, 1.82) is 5.26 Å². The van der Waals surface area contributed by atoms with E-state index in [9.17, 15) is 9.59 Å². The Hall–Kier alpha value is -3.44. The molecule has 3 aromatic rings. The lowest BCUT2D eigenvalue weighted by molar-refractivity contribution is 0.102. The molecule has 0 spiro atoms. The summed E-state index contributed by atoms with van der Waals surface area (Å²) in [6.07, 6.45) is 3.23. The maximum Gasteiger partial charge on any atom is 0.265 e. The first-order valence-corrected chi connectivity index (χ1v) is 9.48. The Morgan fingerprint density at radius 1 is 1.28 bits per heavy atom. The second-order valence-corrected chi connectivity index (χ2v) is 7.35. The van der Waals surface area contributed by atoms with Crippen LogP contribution in [0, 0.1) is 18.3 Å². The molecule has 1 fully saturated rings. The molecule has 2 aromatic heterocycles. The average molecular weight is 391 g/mol. The third-order valence-electron chi connectivity index (χ3n) is 5.39. The van der Waals surface area contributed by atoms with Crippen molar-refractivity contribution in [3.8, 4) is 6.07 Å². The average Bonchev–Trinajstić information content (AvgIpc) is 3.06. The molecule has 0 atom stereocenters. The molecule has 1 aliphatic heterocycles. The van der Waals surface area contributed by atoms with Gasteiger partial charge in [0, 0.05) is 11.7 Å². The summed E-state index contributed by atoms with van der Waals surface area (Å²) in [4.78, 5) is 32.7. The number of benzene rings is 1. The van der Waals surface area contributed by atoms with Gasteiger partial charge in [-0.05, 0) is 64.2 Å². The molecular formula is C21H21N5O3. The summed E-state index contributed by atoms with van der Waals surface area (Å²) in [7, 11) is 2.06. The maximum absolute atomic E-state index is 13.2. The number of aryl methyl sites for hydroxylation is 1. The van der Waals surface area contributed by atoms with Crippen LogP contribution in [-0.2, 0) is 0 Å². The van der Waals surface area contributed by atoms with Crippen LogP contribution >= 0.6 is 0 Å². The molecule has 0 aliphatic carbocycles. The van der Waals surface area contributed by atoms with Crippen LogP contribution < -0.4 is 10.9 Å². The number of furan rings is 1. The SMILES string of the molecule is Cc1oc2ncn(C3CCN(C)CC3)c(=O)c2c1C(=O)Nc1ccc(C#N)cc1. The Bertz CT molecular complexity index is 1160. The molecule has 1 aliphatic rings. The van der Waals surface area contributed by atoms with Gasteiger partial charge in [0.25, 0.3) is 11.5 Å². The first-order chi connectivity index (χ1) is 14.0. The van der Waals surface area contributed by atoms with Crippen molar-refractivity contribution in [3.05, 3.63) is 57.8 Å². The fraction of sp³-hybridized carbons (Fsp3) is 0.333. The van der Waals surface area contributed by atoms with Crippen molar-refractivity contribution in [2.45, 2.75) is 25.8 Å². The van der Waals surface area contributed by atoms with Crippen molar-refractivity contribution in [2.24, 2.45) is 0 Å². The van der Waals surface area contributed by atoms with Crippen molar-refractivity contribution in [3.63, 3.8) is 0 Å². The molecule has 1 saturated heterocycles. The van der Waals surface area contributed by atoms with Gasteiger partial charge in [-0.25, -0.2) is 4.98 Å². The second-order valence-electron chi connectivity index (χ2n) is 7.35. The first-order valence-electron chi connectivity index (χ1n) is 9.48. The molecule has 148 valence electrons. The highest BCUT2D eigenvalue weighted by Gasteiger charge is 2.26. The van der Waals surface area contributed by atoms with Crippen LogP contribution in [0.1, 0.15) is 40.6 Å². The second kappa shape index (κ2) is 7.53. The van der Waals surface area contributed by atoms with Gasteiger partial charge in [-0.3, -0.25) is 14.2 Å². The zero-order valence-corrected chi connectivity index (χ0v) is 16.3. The van der Waals surface area contributed by atoms with Gasteiger partial charge in [0.15, 0.2) is 0 Å². The highest BCUT2D eigenvalue weighted by Crippen LogP contribution is 2.25. The number of nitrogens with one attached hydrogen (secondary N) is 1. The molecule has 1 aromatic carbocycles. The lowest BCUT2D eigenvalue weighted by Crippen LogP contribution is -2.35. The summed E-state index contributed by atoms with van der Waals surface area (Å²) in [6, 6.07) is 8.60. The van der Waals surface area contributed by atoms with Crippen LogP contribution in [0.2, 0.25) is 0 Å². The van der Waals surface area contributed by atoms with E-state index in [4.69, 9.17) is 9.68 Å².